The van der Waals surface area contributed by atoms with E-state index in [0.717, 1.165) is 0 Å². The Balaban J connectivity index is 1.92. The number of Topliss-reactive ketones (excluding diaryl/α,β-unsaturated/α-hetero) is 1. The third-order valence-electron chi connectivity index (χ3n) is 2.72. The monoisotopic (exact) mass is 303 g/mol. The number of hydrogen-bond donors (Lipinski definition) is 1. The first-order chi connectivity index (χ1) is 10.0. The predicted molar refractivity (Wildman–Crippen MR) is 82.0 cm³/mol. The maximum atomic E-state index is 11.8. The van der Waals surface area contributed by atoms with E-state index in [4.69, 9.17) is 16.3 Å². The lowest BCUT2D eigenvalue weighted by Gasteiger charge is -2.08. The molecule has 2 aromatic rings. The van der Waals surface area contributed by atoms with E-state index in [1.165, 1.54) is 6.92 Å². The summed E-state index contributed by atoms with van der Waals surface area (Å²) < 4.78 is 5.36. The molecule has 0 aliphatic rings. The number of carbonyl (C=O) groups excluding carboxylic acids is 2. The third-order valence-corrected chi connectivity index (χ3v) is 2.95. The van der Waals surface area contributed by atoms with Gasteiger partial charge in [-0.2, -0.15) is 0 Å². The highest BCUT2D eigenvalue weighted by Gasteiger charge is 2.06. The van der Waals surface area contributed by atoms with Gasteiger partial charge in [0.15, 0.2) is 12.4 Å². The SMILES string of the molecule is CC(=O)c1cccc(OCC(=O)Nc2cccc(Cl)c2)c1. The predicted octanol–water partition coefficient (Wildman–Crippen LogP) is 3.56. The lowest BCUT2D eigenvalue weighted by molar-refractivity contribution is -0.118. The summed E-state index contributed by atoms with van der Waals surface area (Å²) in [6.45, 7) is 1.33. The zero-order chi connectivity index (χ0) is 15.2. The number of rotatable bonds is 5. The highest BCUT2D eigenvalue weighted by atomic mass is 35.5. The quantitative estimate of drug-likeness (QED) is 0.859. The van der Waals surface area contributed by atoms with E-state index in [0.29, 0.717) is 22.0 Å². The molecule has 1 N–H and O–H groups in total. The fraction of sp³-hybridized carbons (Fsp3) is 0.125. The van der Waals surface area contributed by atoms with Crippen molar-refractivity contribution in [2.45, 2.75) is 6.92 Å². The summed E-state index contributed by atoms with van der Waals surface area (Å²) in [6.07, 6.45) is 0. The van der Waals surface area contributed by atoms with Gasteiger partial charge in [0.2, 0.25) is 0 Å². The first-order valence-corrected chi connectivity index (χ1v) is 6.71. The van der Waals surface area contributed by atoms with Gasteiger partial charge in [-0.3, -0.25) is 9.59 Å². The number of amides is 1. The molecule has 0 unspecified atom stereocenters. The van der Waals surface area contributed by atoms with Crippen LogP contribution >= 0.6 is 11.6 Å². The van der Waals surface area contributed by atoms with Gasteiger partial charge in [-0.25, -0.2) is 0 Å². The van der Waals surface area contributed by atoms with Gasteiger partial charge in [0.1, 0.15) is 5.75 Å². The molecule has 0 atom stereocenters. The third kappa shape index (κ3) is 4.61. The largest absolute Gasteiger partial charge is 0.484 e. The van der Waals surface area contributed by atoms with Crippen LogP contribution in [0.5, 0.6) is 5.75 Å². The second kappa shape index (κ2) is 6.90. The van der Waals surface area contributed by atoms with E-state index in [2.05, 4.69) is 5.32 Å². The second-order valence-electron chi connectivity index (χ2n) is 4.43. The summed E-state index contributed by atoms with van der Waals surface area (Å²) in [5.41, 5.74) is 1.15. The molecular weight excluding hydrogens is 290 g/mol. The maximum Gasteiger partial charge on any atom is 0.262 e. The lowest BCUT2D eigenvalue weighted by atomic mass is 10.1. The molecule has 0 bridgehead atoms. The highest BCUT2D eigenvalue weighted by molar-refractivity contribution is 6.30. The molecule has 0 aliphatic carbocycles. The van der Waals surface area contributed by atoms with Crippen LogP contribution in [0.2, 0.25) is 5.02 Å². The minimum atomic E-state index is -0.300. The van der Waals surface area contributed by atoms with Gasteiger partial charge in [-0.05, 0) is 37.3 Å². The van der Waals surface area contributed by atoms with E-state index in [9.17, 15) is 9.59 Å². The van der Waals surface area contributed by atoms with Crippen LogP contribution in [0, 0.1) is 0 Å². The molecular formula is C16H14ClNO3. The molecule has 0 aromatic heterocycles. The van der Waals surface area contributed by atoms with Crippen LogP contribution in [0.3, 0.4) is 0 Å². The van der Waals surface area contributed by atoms with Gasteiger partial charge in [-0.1, -0.05) is 29.8 Å². The van der Waals surface area contributed by atoms with Crippen molar-refractivity contribution < 1.29 is 14.3 Å². The number of benzene rings is 2. The fourth-order valence-electron chi connectivity index (χ4n) is 1.72. The molecule has 0 saturated carbocycles. The van der Waals surface area contributed by atoms with E-state index < -0.39 is 0 Å². The Labute approximate surface area is 127 Å². The zero-order valence-electron chi connectivity index (χ0n) is 11.4. The van der Waals surface area contributed by atoms with Crippen LogP contribution < -0.4 is 10.1 Å². The molecule has 4 nitrogen and oxygen atoms in total. The van der Waals surface area contributed by atoms with Crippen molar-refractivity contribution in [3.05, 3.63) is 59.1 Å². The summed E-state index contributed by atoms with van der Waals surface area (Å²) in [4.78, 5) is 23.0. The van der Waals surface area contributed by atoms with Gasteiger partial charge in [-0.15, -0.1) is 0 Å². The molecule has 2 rings (SSSR count). The number of ether oxygens (including phenoxy) is 1. The summed E-state index contributed by atoms with van der Waals surface area (Å²) >= 11 is 5.83. The average Bonchev–Trinajstić information content (AvgIpc) is 2.45. The molecule has 0 heterocycles. The zero-order valence-corrected chi connectivity index (χ0v) is 12.2. The van der Waals surface area contributed by atoms with Gasteiger partial charge in [0, 0.05) is 16.3 Å². The molecule has 2 aromatic carbocycles. The van der Waals surface area contributed by atoms with E-state index >= 15 is 0 Å². The van der Waals surface area contributed by atoms with Crippen LogP contribution in [-0.4, -0.2) is 18.3 Å². The minimum absolute atomic E-state index is 0.0520. The molecule has 21 heavy (non-hydrogen) atoms. The Morgan fingerprint density at radius 3 is 2.62 bits per heavy atom. The molecule has 5 heteroatoms. The van der Waals surface area contributed by atoms with Gasteiger partial charge >= 0.3 is 0 Å². The minimum Gasteiger partial charge on any atom is -0.484 e. The summed E-state index contributed by atoms with van der Waals surface area (Å²) in [5.74, 6) is 0.123. The van der Waals surface area contributed by atoms with Crippen LogP contribution in [0.4, 0.5) is 5.69 Å². The van der Waals surface area contributed by atoms with E-state index in [1.54, 1.807) is 48.5 Å². The number of anilines is 1. The normalized spacial score (nSPS) is 10.0. The lowest BCUT2D eigenvalue weighted by Crippen LogP contribution is -2.20. The van der Waals surface area contributed by atoms with Crippen molar-refractivity contribution in [2.75, 3.05) is 11.9 Å². The fourth-order valence-corrected chi connectivity index (χ4v) is 1.91. The number of halogens is 1. The van der Waals surface area contributed by atoms with Crippen molar-refractivity contribution in [3.63, 3.8) is 0 Å². The number of hydrogen-bond acceptors (Lipinski definition) is 3. The first-order valence-electron chi connectivity index (χ1n) is 6.34. The molecule has 1 amide bonds. The summed E-state index contributed by atoms with van der Waals surface area (Å²) in [5, 5.41) is 3.22. The van der Waals surface area contributed by atoms with Gasteiger partial charge < -0.3 is 10.1 Å². The van der Waals surface area contributed by atoms with Gasteiger partial charge in [0.05, 0.1) is 0 Å². The number of ketones is 1. The van der Waals surface area contributed by atoms with Crippen LogP contribution in [0.25, 0.3) is 0 Å². The molecule has 108 valence electrons. The first kappa shape index (κ1) is 15.1. The molecule has 0 fully saturated rings. The maximum absolute atomic E-state index is 11.8. The Morgan fingerprint density at radius 2 is 1.90 bits per heavy atom. The Hall–Kier alpha value is -2.33. The Bertz CT molecular complexity index is 670. The molecule has 0 radical (unpaired) electrons. The molecule has 0 aliphatic heterocycles. The molecule has 0 saturated heterocycles. The summed E-state index contributed by atoms with van der Waals surface area (Å²) in [7, 11) is 0. The average molecular weight is 304 g/mol. The molecule has 0 spiro atoms. The van der Waals surface area contributed by atoms with Crippen molar-refractivity contribution >= 4 is 29.0 Å². The highest BCUT2D eigenvalue weighted by Crippen LogP contribution is 2.16. The smallest absolute Gasteiger partial charge is 0.262 e. The van der Waals surface area contributed by atoms with Crippen molar-refractivity contribution in [3.8, 4) is 5.75 Å². The second-order valence-corrected chi connectivity index (χ2v) is 4.87. The van der Waals surface area contributed by atoms with Gasteiger partial charge in [0.25, 0.3) is 5.91 Å². The Morgan fingerprint density at radius 1 is 1.14 bits per heavy atom. The topological polar surface area (TPSA) is 55.4 Å². The standard InChI is InChI=1S/C16H14ClNO3/c1-11(19)12-4-2-7-15(8-12)21-10-16(20)18-14-6-3-5-13(17)9-14/h2-9H,10H2,1H3,(H,18,20). The van der Waals surface area contributed by atoms with E-state index in [-0.39, 0.29) is 18.3 Å². The van der Waals surface area contributed by atoms with E-state index in [1.807, 2.05) is 0 Å². The van der Waals surface area contributed by atoms with Crippen LogP contribution in [-0.2, 0) is 4.79 Å². The van der Waals surface area contributed by atoms with Crippen molar-refractivity contribution in [1.29, 1.82) is 0 Å². The number of nitrogens with one attached hydrogen (secondary N) is 1. The Kier molecular flexibility index (Phi) is 4.95. The summed E-state index contributed by atoms with van der Waals surface area (Å²) in [6, 6.07) is 13.6. The van der Waals surface area contributed by atoms with Crippen molar-refractivity contribution in [2.24, 2.45) is 0 Å². The van der Waals surface area contributed by atoms with Crippen LogP contribution in [0.15, 0.2) is 48.5 Å². The number of carbonyl (C=O) groups is 2. The van der Waals surface area contributed by atoms with Crippen molar-refractivity contribution in [1.82, 2.24) is 0 Å². The van der Waals surface area contributed by atoms with Crippen LogP contribution in [0.1, 0.15) is 17.3 Å².